The van der Waals surface area contributed by atoms with Gasteiger partial charge in [-0.2, -0.15) is 0 Å². The predicted octanol–water partition coefficient (Wildman–Crippen LogP) is 4.77. The van der Waals surface area contributed by atoms with Crippen molar-refractivity contribution >= 4 is 23.2 Å². The standard InChI is InChI=1S/C25H24N2O2/c1-18-7-5-8-19(15-18)16-24(28)26-22-13-12-20-11-6-14-27(23(20)17-22)25(29)21-9-3-2-4-10-21/h2-5,7-10,12-13,15,17H,6,11,14,16H2,1H3,(H,26,28). The second-order valence-electron chi connectivity index (χ2n) is 7.48. The Kier molecular flexibility index (Phi) is 5.43. The first-order valence-corrected chi connectivity index (χ1v) is 9.95. The molecular weight excluding hydrogens is 360 g/mol. The predicted molar refractivity (Wildman–Crippen MR) is 116 cm³/mol. The first kappa shape index (κ1) is 18.9. The summed E-state index contributed by atoms with van der Waals surface area (Å²) >= 11 is 0. The quantitative estimate of drug-likeness (QED) is 0.704. The van der Waals surface area contributed by atoms with Gasteiger partial charge in [-0.25, -0.2) is 0 Å². The van der Waals surface area contributed by atoms with Crippen LogP contribution in [-0.2, 0) is 17.6 Å². The number of nitrogens with zero attached hydrogens (tertiary/aromatic N) is 1. The molecule has 2 amide bonds. The van der Waals surface area contributed by atoms with Crippen molar-refractivity contribution in [2.24, 2.45) is 0 Å². The third-order valence-electron chi connectivity index (χ3n) is 5.20. The van der Waals surface area contributed by atoms with Gasteiger partial charge < -0.3 is 10.2 Å². The Labute approximate surface area is 171 Å². The van der Waals surface area contributed by atoms with Crippen LogP contribution in [0.2, 0.25) is 0 Å². The molecule has 146 valence electrons. The summed E-state index contributed by atoms with van der Waals surface area (Å²) in [5.41, 5.74) is 5.54. The van der Waals surface area contributed by atoms with Gasteiger partial charge >= 0.3 is 0 Å². The Hall–Kier alpha value is -3.40. The Balaban J connectivity index is 1.53. The highest BCUT2D eigenvalue weighted by atomic mass is 16.2. The van der Waals surface area contributed by atoms with E-state index in [0.717, 1.165) is 35.2 Å². The number of carbonyl (C=O) groups excluding carboxylic acids is 2. The van der Waals surface area contributed by atoms with Crippen molar-refractivity contribution in [3.05, 3.63) is 95.1 Å². The average molecular weight is 384 g/mol. The fraction of sp³-hybridized carbons (Fsp3) is 0.200. The van der Waals surface area contributed by atoms with Crippen LogP contribution < -0.4 is 10.2 Å². The van der Waals surface area contributed by atoms with E-state index in [4.69, 9.17) is 0 Å². The molecule has 3 aromatic rings. The first-order valence-electron chi connectivity index (χ1n) is 9.95. The number of carbonyl (C=O) groups is 2. The van der Waals surface area contributed by atoms with Crippen molar-refractivity contribution in [2.75, 3.05) is 16.8 Å². The van der Waals surface area contributed by atoms with E-state index in [2.05, 4.69) is 5.32 Å². The van der Waals surface area contributed by atoms with Crippen molar-refractivity contribution < 1.29 is 9.59 Å². The number of nitrogens with one attached hydrogen (secondary N) is 1. The smallest absolute Gasteiger partial charge is 0.258 e. The highest BCUT2D eigenvalue weighted by Gasteiger charge is 2.24. The third-order valence-corrected chi connectivity index (χ3v) is 5.20. The molecule has 29 heavy (non-hydrogen) atoms. The number of rotatable bonds is 4. The Morgan fingerprint density at radius 1 is 0.966 bits per heavy atom. The minimum absolute atomic E-state index is 0.00483. The van der Waals surface area contributed by atoms with Gasteiger partial charge in [0.15, 0.2) is 0 Å². The maximum absolute atomic E-state index is 13.0. The largest absolute Gasteiger partial charge is 0.326 e. The second-order valence-corrected chi connectivity index (χ2v) is 7.48. The van der Waals surface area contributed by atoms with E-state index < -0.39 is 0 Å². The van der Waals surface area contributed by atoms with Crippen LogP contribution in [0.25, 0.3) is 0 Å². The average Bonchev–Trinajstić information content (AvgIpc) is 2.73. The third kappa shape index (κ3) is 4.37. The molecule has 4 nitrogen and oxygen atoms in total. The maximum Gasteiger partial charge on any atom is 0.258 e. The number of aryl methyl sites for hydroxylation is 2. The van der Waals surface area contributed by atoms with Crippen molar-refractivity contribution in [1.29, 1.82) is 0 Å². The van der Waals surface area contributed by atoms with Crippen LogP contribution in [-0.4, -0.2) is 18.4 Å². The molecule has 0 aliphatic carbocycles. The van der Waals surface area contributed by atoms with Crippen LogP contribution in [0.4, 0.5) is 11.4 Å². The van der Waals surface area contributed by atoms with Crippen LogP contribution in [0.5, 0.6) is 0 Å². The van der Waals surface area contributed by atoms with Crippen LogP contribution in [0.1, 0.15) is 33.5 Å². The van der Waals surface area contributed by atoms with Crippen molar-refractivity contribution in [3.63, 3.8) is 0 Å². The van der Waals surface area contributed by atoms with Gasteiger partial charge in [0.25, 0.3) is 5.91 Å². The molecule has 4 rings (SSSR count). The summed E-state index contributed by atoms with van der Waals surface area (Å²) in [7, 11) is 0. The van der Waals surface area contributed by atoms with E-state index >= 15 is 0 Å². The summed E-state index contributed by atoms with van der Waals surface area (Å²) in [4.78, 5) is 27.3. The van der Waals surface area contributed by atoms with Gasteiger partial charge in [-0.15, -0.1) is 0 Å². The minimum Gasteiger partial charge on any atom is -0.326 e. The summed E-state index contributed by atoms with van der Waals surface area (Å²) < 4.78 is 0. The lowest BCUT2D eigenvalue weighted by molar-refractivity contribution is -0.115. The van der Waals surface area contributed by atoms with Crippen LogP contribution in [0.15, 0.2) is 72.8 Å². The normalized spacial score (nSPS) is 12.9. The number of hydrogen-bond donors (Lipinski definition) is 1. The molecule has 0 radical (unpaired) electrons. The number of benzene rings is 3. The van der Waals surface area contributed by atoms with Crippen molar-refractivity contribution in [1.82, 2.24) is 0 Å². The van der Waals surface area contributed by atoms with E-state index in [1.54, 1.807) is 0 Å². The monoisotopic (exact) mass is 384 g/mol. The minimum atomic E-state index is -0.0627. The van der Waals surface area contributed by atoms with E-state index in [9.17, 15) is 9.59 Å². The molecule has 1 N–H and O–H groups in total. The number of hydrogen-bond acceptors (Lipinski definition) is 2. The van der Waals surface area contributed by atoms with Gasteiger partial charge in [-0.05, 0) is 55.2 Å². The SMILES string of the molecule is Cc1cccc(CC(=O)Nc2ccc3c(c2)N(C(=O)c2ccccc2)CCC3)c1. The van der Waals surface area contributed by atoms with Crippen LogP contribution in [0.3, 0.4) is 0 Å². The lowest BCUT2D eigenvalue weighted by Gasteiger charge is -2.30. The molecule has 3 aromatic carbocycles. The number of fused-ring (bicyclic) bond motifs is 1. The number of anilines is 2. The van der Waals surface area contributed by atoms with Crippen molar-refractivity contribution in [3.8, 4) is 0 Å². The summed E-state index contributed by atoms with van der Waals surface area (Å²) in [6.07, 6.45) is 2.20. The summed E-state index contributed by atoms with van der Waals surface area (Å²) in [6, 6.07) is 23.1. The molecule has 0 aromatic heterocycles. The molecule has 4 heteroatoms. The maximum atomic E-state index is 13.0. The highest BCUT2D eigenvalue weighted by molar-refractivity contribution is 6.07. The van der Waals surface area contributed by atoms with Crippen molar-refractivity contribution in [2.45, 2.75) is 26.2 Å². The fourth-order valence-electron chi connectivity index (χ4n) is 3.81. The summed E-state index contributed by atoms with van der Waals surface area (Å²) in [5.74, 6) is -0.0675. The van der Waals surface area contributed by atoms with Crippen LogP contribution in [0, 0.1) is 6.92 Å². The highest BCUT2D eigenvalue weighted by Crippen LogP contribution is 2.31. The Morgan fingerprint density at radius 3 is 2.59 bits per heavy atom. The fourth-order valence-corrected chi connectivity index (χ4v) is 3.81. The molecule has 1 aliphatic heterocycles. The lowest BCUT2D eigenvalue weighted by atomic mass is 10.00. The molecule has 0 fully saturated rings. The summed E-state index contributed by atoms with van der Waals surface area (Å²) in [6.45, 7) is 2.70. The van der Waals surface area contributed by atoms with E-state index in [-0.39, 0.29) is 11.8 Å². The number of amides is 2. The van der Waals surface area contributed by atoms with Gasteiger partial charge in [0.05, 0.1) is 6.42 Å². The topological polar surface area (TPSA) is 49.4 Å². The molecule has 0 atom stereocenters. The zero-order valence-corrected chi connectivity index (χ0v) is 16.5. The van der Waals surface area contributed by atoms with Gasteiger partial charge in [-0.1, -0.05) is 54.1 Å². The second kappa shape index (κ2) is 8.31. The molecule has 0 spiro atoms. The van der Waals surface area contributed by atoms with E-state index in [1.807, 2.05) is 84.6 Å². The molecule has 1 heterocycles. The molecular formula is C25H24N2O2. The Bertz CT molecular complexity index is 1040. The van der Waals surface area contributed by atoms with E-state index in [1.165, 1.54) is 0 Å². The van der Waals surface area contributed by atoms with Crippen LogP contribution >= 0.6 is 0 Å². The van der Waals surface area contributed by atoms with E-state index in [0.29, 0.717) is 24.2 Å². The molecule has 0 saturated heterocycles. The molecule has 0 bridgehead atoms. The van der Waals surface area contributed by atoms with Gasteiger partial charge in [0.2, 0.25) is 5.91 Å². The lowest BCUT2D eigenvalue weighted by Crippen LogP contribution is -2.35. The first-order chi connectivity index (χ1) is 14.1. The van der Waals surface area contributed by atoms with Gasteiger partial charge in [-0.3, -0.25) is 9.59 Å². The van der Waals surface area contributed by atoms with Gasteiger partial charge in [0.1, 0.15) is 0 Å². The summed E-state index contributed by atoms with van der Waals surface area (Å²) in [5, 5.41) is 2.98. The molecule has 0 saturated carbocycles. The molecule has 0 unspecified atom stereocenters. The zero-order valence-electron chi connectivity index (χ0n) is 16.5. The molecule has 1 aliphatic rings. The van der Waals surface area contributed by atoms with Gasteiger partial charge in [0, 0.05) is 23.5 Å². The Morgan fingerprint density at radius 2 is 1.79 bits per heavy atom. The zero-order chi connectivity index (χ0) is 20.2.